The topological polar surface area (TPSA) is 72.2 Å². The van der Waals surface area contributed by atoms with Crippen LogP contribution in [0.4, 0.5) is 0 Å². The summed E-state index contributed by atoms with van der Waals surface area (Å²) in [6, 6.07) is 14.0. The number of nitrogens with zero attached hydrogens (tertiary/aromatic N) is 2. The second-order valence-electron chi connectivity index (χ2n) is 11.3. The van der Waals surface area contributed by atoms with Gasteiger partial charge < -0.3 is 9.47 Å². The average Bonchev–Trinajstić information content (AvgIpc) is 2.97. The van der Waals surface area contributed by atoms with Crippen molar-refractivity contribution in [3.8, 4) is 28.8 Å². The molecule has 0 N–H and O–H groups in total. The van der Waals surface area contributed by atoms with Crippen molar-refractivity contribution in [3.05, 3.63) is 42.6 Å². The monoisotopic (exact) mass is 532 g/mol. The smallest absolute Gasteiger partial charge is 0.314 e. The van der Waals surface area contributed by atoms with E-state index in [1.807, 2.05) is 36.4 Å². The zero-order valence-corrected chi connectivity index (χ0v) is 24.3. The van der Waals surface area contributed by atoms with Gasteiger partial charge in [0.25, 0.3) is 0 Å². The molecule has 1 aromatic carbocycles. The van der Waals surface area contributed by atoms with E-state index in [1.165, 1.54) is 57.8 Å². The number of rotatable bonds is 17. The molecular weight excluding hydrogens is 484 g/mol. The Morgan fingerprint density at radius 1 is 0.872 bits per heavy atom. The van der Waals surface area contributed by atoms with Gasteiger partial charge in [0.15, 0.2) is 0 Å². The maximum atomic E-state index is 12.8. The maximum absolute atomic E-state index is 12.8. The number of esters is 1. The Kier molecular flexibility index (Phi) is 13.3. The molecule has 1 aromatic heterocycles. The van der Waals surface area contributed by atoms with E-state index in [0.29, 0.717) is 5.75 Å². The molecule has 0 saturated heterocycles. The third-order valence-corrected chi connectivity index (χ3v) is 8.14. The van der Waals surface area contributed by atoms with Crippen LogP contribution in [0.15, 0.2) is 42.6 Å². The fourth-order valence-electron chi connectivity index (χ4n) is 5.49. The van der Waals surface area contributed by atoms with Gasteiger partial charge >= 0.3 is 5.97 Å². The van der Waals surface area contributed by atoms with Crippen LogP contribution in [0.25, 0.3) is 11.3 Å². The summed E-state index contributed by atoms with van der Waals surface area (Å²) in [5, 5.41) is 9.84. The Morgan fingerprint density at radius 2 is 1.49 bits per heavy atom. The first-order valence-corrected chi connectivity index (χ1v) is 15.4. The van der Waals surface area contributed by atoms with Crippen LogP contribution < -0.4 is 9.47 Å². The molecule has 2 aromatic rings. The molecule has 212 valence electrons. The normalized spacial score (nSPS) is 18.8. The van der Waals surface area contributed by atoms with Gasteiger partial charge in [0.05, 0.1) is 35.9 Å². The van der Waals surface area contributed by atoms with Gasteiger partial charge in [-0.15, -0.1) is 0 Å². The van der Waals surface area contributed by atoms with E-state index in [0.717, 1.165) is 68.6 Å². The zero-order valence-electron chi connectivity index (χ0n) is 24.3. The van der Waals surface area contributed by atoms with Gasteiger partial charge in [-0.25, -0.2) is 0 Å². The van der Waals surface area contributed by atoms with Crippen molar-refractivity contribution < 1.29 is 14.3 Å². The minimum atomic E-state index is -0.257. The van der Waals surface area contributed by atoms with Crippen molar-refractivity contribution in [1.82, 2.24) is 4.98 Å². The highest BCUT2D eigenvalue weighted by molar-refractivity contribution is 5.75. The minimum absolute atomic E-state index is 0.128. The summed E-state index contributed by atoms with van der Waals surface area (Å²) in [4.78, 5) is 17.4. The Balaban J connectivity index is 1.41. The first-order valence-electron chi connectivity index (χ1n) is 15.4. The summed E-state index contributed by atoms with van der Waals surface area (Å²) >= 11 is 0. The Morgan fingerprint density at radius 3 is 2.10 bits per heavy atom. The van der Waals surface area contributed by atoms with E-state index in [-0.39, 0.29) is 17.3 Å². The van der Waals surface area contributed by atoms with Crippen molar-refractivity contribution in [3.63, 3.8) is 0 Å². The third-order valence-electron chi connectivity index (χ3n) is 8.14. The second kappa shape index (κ2) is 17.0. The van der Waals surface area contributed by atoms with Gasteiger partial charge in [-0.1, -0.05) is 78.1 Å². The van der Waals surface area contributed by atoms with Gasteiger partial charge in [0.2, 0.25) is 0 Å². The number of ether oxygens (including phenoxy) is 2. The molecule has 0 radical (unpaired) electrons. The predicted octanol–water partition coefficient (Wildman–Crippen LogP) is 9.45. The third kappa shape index (κ3) is 10.3. The molecule has 1 aliphatic carbocycles. The van der Waals surface area contributed by atoms with Crippen molar-refractivity contribution in [1.29, 1.82) is 5.26 Å². The fourth-order valence-corrected chi connectivity index (χ4v) is 5.49. The Labute approximate surface area is 236 Å². The fraction of sp³-hybridized carbons (Fsp3) is 0.618. The lowest BCUT2D eigenvalue weighted by atomic mass is 9.69. The average molecular weight is 533 g/mol. The van der Waals surface area contributed by atoms with Crippen LogP contribution in [0.3, 0.4) is 0 Å². The SMILES string of the molecule is CCCCCCCCOc1ccc(-c2ccc(OC(=O)[C@H]3CC[C@@](C#N)(CCCCCCC)CC3)cc2)nc1. The van der Waals surface area contributed by atoms with E-state index in [1.54, 1.807) is 6.20 Å². The number of carbonyl (C=O) groups excluding carboxylic acids is 1. The van der Waals surface area contributed by atoms with E-state index in [9.17, 15) is 10.1 Å². The van der Waals surface area contributed by atoms with Gasteiger partial charge in [-0.3, -0.25) is 9.78 Å². The molecule has 0 amide bonds. The van der Waals surface area contributed by atoms with Gasteiger partial charge in [-0.2, -0.15) is 5.26 Å². The summed E-state index contributed by atoms with van der Waals surface area (Å²) in [6.07, 6.45) is 19.3. The van der Waals surface area contributed by atoms with Crippen LogP contribution in [0.1, 0.15) is 117 Å². The van der Waals surface area contributed by atoms with Gasteiger partial charge in [0.1, 0.15) is 11.5 Å². The molecular formula is C34H48N2O3. The number of nitriles is 1. The van der Waals surface area contributed by atoms with Crippen molar-refractivity contribution in [2.45, 2.75) is 117 Å². The lowest BCUT2D eigenvalue weighted by molar-refractivity contribution is -0.140. The molecule has 1 heterocycles. The van der Waals surface area contributed by atoms with E-state index in [4.69, 9.17) is 9.47 Å². The molecule has 1 aliphatic rings. The van der Waals surface area contributed by atoms with E-state index >= 15 is 0 Å². The lowest BCUT2D eigenvalue weighted by Crippen LogP contribution is -2.31. The highest BCUT2D eigenvalue weighted by Crippen LogP contribution is 2.43. The number of unbranched alkanes of at least 4 members (excludes halogenated alkanes) is 9. The van der Waals surface area contributed by atoms with Crippen LogP contribution >= 0.6 is 0 Å². The molecule has 5 heteroatoms. The maximum Gasteiger partial charge on any atom is 0.314 e. The summed E-state index contributed by atoms with van der Waals surface area (Å²) in [7, 11) is 0. The lowest BCUT2D eigenvalue weighted by Gasteiger charge is -2.34. The quantitative estimate of drug-likeness (QED) is 0.115. The highest BCUT2D eigenvalue weighted by atomic mass is 16.5. The molecule has 0 unspecified atom stereocenters. The summed E-state index contributed by atoms with van der Waals surface area (Å²) in [6.45, 7) is 5.18. The highest BCUT2D eigenvalue weighted by Gasteiger charge is 2.37. The summed E-state index contributed by atoms with van der Waals surface area (Å²) in [5.41, 5.74) is 1.56. The number of hydrogen-bond donors (Lipinski definition) is 0. The van der Waals surface area contributed by atoms with E-state index < -0.39 is 0 Å². The number of carbonyl (C=O) groups is 1. The molecule has 0 aliphatic heterocycles. The van der Waals surface area contributed by atoms with Crippen LogP contribution in [0.2, 0.25) is 0 Å². The van der Waals surface area contributed by atoms with Crippen LogP contribution in [0.5, 0.6) is 11.5 Å². The van der Waals surface area contributed by atoms with Gasteiger partial charge in [0, 0.05) is 5.56 Å². The second-order valence-corrected chi connectivity index (χ2v) is 11.3. The standard InChI is InChI=1S/C34H48N2O3/c1-3-5-7-9-11-13-25-38-31-18-19-32(36-26-31)28-14-16-30(17-15-28)39-33(37)29-20-23-34(27-35,24-21-29)22-12-10-8-6-4-2/h14-19,26,29H,3-13,20-25H2,1-2H3/t29-,34-. The zero-order chi connectivity index (χ0) is 27.8. The first-order chi connectivity index (χ1) is 19.1. The largest absolute Gasteiger partial charge is 0.492 e. The molecule has 1 fully saturated rings. The van der Waals surface area contributed by atoms with Crippen LogP contribution in [0, 0.1) is 22.7 Å². The molecule has 0 spiro atoms. The molecule has 1 saturated carbocycles. The number of pyridine rings is 1. The summed E-state index contributed by atoms with van der Waals surface area (Å²) < 4.78 is 11.6. The minimum Gasteiger partial charge on any atom is -0.492 e. The molecule has 0 bridgehead atoms. The summed E-state index contributed by atoms with van der Waals surface area (Å²) in [5.74, 6) is 1.04. The van der Waals surface area contributed by atoms with Crippen LogP contribution in [-0.2, 0) is 4.79 Å². The van der Waals surface area contributed by atoms with Crippen molar-refractivity contribution in [2.75, 3.05) is 6.61 Å². The molecule has 0 atom stereocenters. The van der Waals surface area contributed by atoms with Crippen molar-refractivity contribution >= 4 is 5.97 Å². The van der Waals surface area contributed by atoms with E-state index in [2.05, 4.69) is 24.9 Å². The molecule has 3 rings (SSSR count). The first kappa shape index (κ1) is 30.7. The Bertz CT molecular complexity index is 1000. The Hall–Kier alpha value is -2.87. The predicted molar refractivity (Wildman–Crippen MR) is 158 cm³/mol. The van der Waals surface area contributed by atoms with Gasteiger partial charge in [-0.05, 0) is 74.9 Å². The number of benzene rings is 1. The molecule has 39 heavy (non-hydrogen) atoms. The molecule has 5 nitrogen and oxygen atoms in total. The number of hydrogen-bond acceptors (Lipinski definition) is 5. The number of aromatic nitrogens is 1. The van der Waals surface area contributed by atoms with Crippen molar-refractivity contribution in [2.24, 2.45) is 11.3 Å². The van der Waals surface area contributed by atoms with Crippen LogP contribution in [-0.4, -0.2) is 17.6 Å².